The molecule has 0 spiro atoms. The summed E-state index contributed by atoms with van der Waals surface area (Å²) in [6, 6.07) is 9.22. The van der Waals surface area contributed by atoms with Crippen molar-refractivity contribution in [2.45, 2.75) is 17.3 Å². The number of sulfone groups is 1. The van der Waals surface area contributed by atoms with Gasteiger partial charge in [-0.05, 0) is 46.9 Å². The summed E-state index contributed by atoms with van der Waals surface area (Å²) in [6.45, 7) is 0.265. The van der Waals surface area contributed by atoms with Gasteiger partial charge < -0.3 is 15.4 Å². The van der Waals surface area contributed by atoms with E-state index in [0.29, 0.717) is 21.7 Å². The van der Waals surface area contributed by atoms with Crippen LogP contribution in [0.5, 0.6) is 0 Å². The van der Waals surface area contributed by atoms with Gasteiger partial charge in [0.1, 0.15) is 0 Å². The van der Waals surface area contributed by atoms with Crippen molar-refractivity contribution in [3.63, 3.8) is 0 Å². The van der Waals surface area contributed by atoms with E-state index >= 15 is 0 Å². The number of hydrogen-bond acceptors (Lipinski definition) is 5. The van der Waals surface area contributed by atoms with Gasteiger partial charge in [0.15, 0.2) is 9.84 Å². The van der Waals surface area contributed by atoms with Gasteiger partial charge in [-0.15, -0.1) is 12.4 Å². The summed E-state index contributed by atoms with van der Waals surface area (Å²) in [5.41, 5.74) is 7.82. The molecule has 1 aliphatic rings. The van der Waals surface area contributed by atoms with Crippen LogP contribution in [0.15, 0.2) is 41.3 Å². The first-order chi connectivity index (χ1) is 10.4. The van der Waals surface area contributed by atoms with E-state index in [4.69, 9.17) is 22.0 Å². The van der Waals surface area contributed by atoms with Gasteiger partial charge in [0, 0.05) is 10.7 Å². The number of nitrogen functional groups attached to an aromatic ring is 1. The Bertz CT molecular complexity index is 827. The highest BCUT2D eigenvalue weighted by Crippen LogP contribution is 2.25. The summed E-state index contributed by atoms with van der Waals surface area (Å²) >= 11 is 6.15. The molecule has 23 heavy (non-hydrogen) atoms. The molecule has 1 aliphatic heterocycles. The SMILES string of the molecule is Cl.Nc1ccc(S(=O)(=O)Cc2cc3c(cc2Cl)COB3O)cc1. The molecule has 2 aromatic rings. The van der Waals surface area contributed by atoms with Crippen molar-refractivity contribution >= 4 is 52.1 Å². The van der Waals surface area contributed by atoms with Gasteiger partial charge in [-0.1, -0.05) is 17.7 Å². The molecule has 3 N–H and O–H groups in total. The fourth-order valence-corrected chi connectivity index (χ4v) is 4.06. The molecular weight excluding hydrogens is 360 g/mol. The summed E-state index contributed by atoms with van der Waals surface area (Å²) in [4.78, 5) is 0.176. The number of fused-ring (bicyclic) bond motifs is 1. The second kappa shape index (κ2) is 6.71. The van der Waals surface area contributed by atoms with Crippen molar-refractivity contribution in [3.05, 3.63) is 52.5 Å². The highest BCUT2D eigenvalue weighted by molar-refractivity contribution is 7.90. The van der Waals surface area contributed by atoms with Crippen LogP contribution in [0.1, 0.15) is 11.1 Å². The first kappa shape index (κ1) is 18.1. The minimum absolute atomic E-state index is 0. The second-order valence-electron chi connectivity index (χ2n) is 5.13. The molecule has 0 saturated heterocycles. The number of hydrogen-bond donors (Lipinski definition) is 2. The molecule has 3 rings (SSSR count). The lowest BCUT2D eigenvalue weighted by atomic mass is 9.79. The third-order valence-electron chi connectivity index (χ3n) is 3.56. The highest BCUT2D eigenvalue weighted by Gasteiger charge is 2.29. The van der Waals surface area contributed by atoms with E-state index in [0.717, 1.165) is 5.56 Å². The Morgan fingerprint density at radius 1 is 1.26 bits per heavy atom. The summed E-state index contributed by atoms with van der Waals surface area (Å²) in [5.74, 6) is -0.254. The van der Waals surface area contributed by atoms with Crippen molar-refractivity contribution in [2.75, 3.05) is 5.73 Å². The Balaban J connectivity index is 0.00000192. The third kappa shape index (κ3) is 3.64. The second-order valence-corrected chi connectivity index (χ2v) is 7.53. The number of benzene rings is 2. The molecular formula is C14H14BCl2NO4S. The van der Waals surface area contributed by atoms with Crippen LogP contribution in [-0.4, -0.2) is 20.6 Å². The lowest BCUT2D eigenvalue weighted by Crippen LogP contribution is -2.28. The lowest BCUT2D eigenvalue weighted by molar-refractivity contribution is 0.275. The molecule has 0 bridgehead atoms. The molecule has 0 fully saturated rings. The fraction of sp³-hybridized carbons (Fsp3) is 0.143. The predicted octanol–water partition coefficient (Wildman–Crippen LogP) is 1.54. The summed E-state index contributed by atoms with van der Waals surface area (Å²) in [7, 11) is -4.59. The zero-order valence-corrected chi connectivity index (χ0v) is 14.3. The molecule has 1 heterocycles. The van der Waals surface area contributed by atoms with Crippen LogP contribution in [0.2, 0.25) is 5.02 Å². The van der Waals surface area contributed by atoms with Gasteiger partial charge in [-0.2, -0.15) is 0 Å². The monoisotopic (exact) mass is 373 g/mol. The van der Waals surface area contributed by atoms with Gasteiger partial charge in [0.2, 0.25) is 0 Å². The van der Waals surface area contributed by atoms with Gasteiger partial charge in [0.05, 0.1) is 17.3 Å². The molecule has 0 radical (unpaired) electrons. The van der Waals surface area contributed by atoms with E-state index in [9.17, 15) is 13.4 Å². The largest absolute Gasteiger partial charge is 0.491 e. The Labute approximate surface area is 145 Å². The van der Waals surface area contributed by atoms with Crippen LogP contribution in [0.3, 0.4) is 0 Å². The molecule has 5 nitrogen and oxygen atoms in total. The van der Waals surface area contributed by atoms with E-state index in [-0.39, 0.29) is 29.7 Å². The maximum absolute atomic E-state index is 12.5. The fourth-order valence-electron chi connectivity index (χ4n) is 2.37. The Kier molecular flexibility index (Phi) is 5.28. The molecule has 9 heteroatoms. The van der Waals surface area contributed by atoms with E-state index < -0.39 is 17.0 Å². The van der Waals surface area contributed by atoms with Gasteiger partial charge >= 0.3 is 7.12 Å². The minimum atomic E-state index is -3.55. The van der Waals surface area contributed by atoms with Crippen LogP contribution >= 0.6 is 24.0 Å². The maximum atomic E-state index is 12.5. The standard InChI is InChI=1S/C14H13BClNO4S.ClH/c16-14-6-9-7-21-15(18)13(9)5-10(14)8-22(19,20)12-3-1-11(17)2-4-12;/h1-6,18H,7-8,17H2;1H. The van der Waals surface area contributed by atoms with Crippen LogP contribution < -0.4 is 11.2 Å². The zero-order valence-electron chi connectivity index (χ0n) is 11.9. The van der Waals surface area contributed by atoms with Gasteiger partial charge in [-0.3, -0.25) is 0 Å². The van der Waals surface area contributed by atoms with Crippen molar-refractivity contribution < 1.29 is 18.1 Å². The van der Waals surface area contributed by atoms with E-state index in [1.807, 2.05) is 0 Å². The van der Waals surface area contributed by atoms with Crippen molar-refractivity contribution in [2.24, 2.45) is 0 Å². The predicted molar refractivity (Wildman–Crippen MR) is 92.8 cm³/mol. The topological polar surface area (TPSA) is 89.6 Å². The molecule has 0 aromatic heterocycles. The quantitative estimate of drug-likeness (QED) is 0.629. The number of rotatable bonds is 3. The number of halogens is 2. The zero-order chi connectivity index (χ0) is 15.9. The average Bonchev–Trinajstić information content (AvgIpc) is 2.80. The van der Waals surface area contributed by atoms with Crippen LogP contribution in [-0.2, 0) is 26.9 Å². The molecule has 0 amide bonds. The smallest absolute Gasteiger partial charge is 0.423 e. The normalized spacial score (nSPS) is 13.6. The molecule has 2 aromatic carbocycles. The van der Waals surface area contributed by atoms with E-state index in [1.54, 1.807) is 12.1 Å². The first-order valence-electron chi connectivity index (χ1n) is 6.56. The number of anilines is 1. The van der Waals surface area contributed by atoms with Gasteiger partial charge in [-0.25, -0.2) is 8.42 Å². The Morgan fingerprint density at radius 2 is 1.91 bits per heavy atom. The summed E-state index contributed by atoms with van der Waals surface area (Å²) in [6.07, 6.45) is 0. The van der Waals surface area contributed by atoms with E-state index in [1.165, 1.54) is 24.3 Å². The molecule has 0 atom stereocenters. The van der Waals surface area contributed by atoms with Crippen molar-refractivity contribution in [1.29, 1.82) is 0 Å². The lowest BCUT2D eigenvalue weighted by Gasteiger charge is -2.09. The molecule has 0 unspecified atom stereocenters. The molecule has 0 aliphatic carbocycles. The average molecular weight is 374 g/mol. The molecule has 0 saturated carbocycles. The van der Waals surface area contributed by atoms with Crippen LogP contribution in [0, 0.1) is 0 Å². The Morgan fingerprint density at radius 3 is 2.57 bits per heavy atom. The van der Waals surface area contributed by atoms with Crippen molar-refractivity contribution in [3.8, 4) is 0 Å². The minimum Gasteiger partial charge on any atom is -0.423 e. The maximum Gasteiger partial charge on any atom is 0.491 e. The third-order valence-corrected chi connectivity index (χ3v) is 5.59. The van der Waals surface area contributed by atoms with Crippen molar-refractivity contribution in [1.82, 2.24) is 0 Å². The number of nitrogens with two attached hydrogens (primary N) is 1. The first-order valence-corrected chi connectivity index (χ1v) is 8.59. The summed E-state index contributed by atoms with van der Waals surface area (Å²) in [5, 5.41) is 10.1. The van der Waals surface area contributed by atoms with E-state index in [2.05, 4.69) is 0 Å². The van der Waals surface area contributed by atoms with Gasteiger partial charge in [0.25, 0.3) is 0 Å². The van der Waals surface area contributed by atoms with Crippen LogP contribution in [0.25, 0.3) is 0 Å². The molecule has 122 valence electrons. The van der Waals surface area contributed by atoms with Crippen LogP contribution in [0.4, 0.5) is 5.69 Å². The Hall–Kier alpha value is -1.25. The summed E-state index contributed by atoms with van der Waals surface area (Å²) < 4.78 is 30.0. The highest BCUT2D eigenvalue weighted by atomic mass is 35.5.